The Kier molecular flexibility index (Phi) is 8.40. The van der Waals surface area contributed by atoms with E-state index in [1.165, 1.54) is 6.07 Å². The van der Waals surface area contributed by atoms with Gasteiger partial charge in [-0.25, -0.2) is 0 Å². The molecule has 7 heteroatoms. The van der Waals surface area contributed by atoms with Crippen LogP contribution in [-0.2, 0) is 0 Å². The number of guanidine groups is 1. The van der Waals surface area contributed by atoms with E-state index in [0.29, 0.717) is 18.8 Å². The number of para-hydroxylation sites is 2. The third kappa shape index (κ3) is 6.43. The quantitative estimate of drug-likeness (QED) is 0.214. The summed E-state index contributed by atoms with van der Waals surface area (Å²) < 4.78 is 0. The summed E-state index contributed by atoms with van der Waals surface area (Å²) in [6.45, 7) is 6.95. The Balaban J connectivity index is 2.43. The molecule has 0 unspecified atom stereocenters. The van der Waals surface area contributed by atoms with Gasteiger partial charge in [0.1, 0.15) is 5.69 Å². The number of nitro benzene ring substituents is 1. The molecule has 22 heavy (non-hydrogen) atoms. The molecule has 0 amide bonds. The van der Waals surface area contributed by atoms with Crippen LogP contribution in [0, 0.1) is 10.1 Å². The molecule has 0 radical (unpaired) electrons. The zero-order chi connectivity index (χ0) is 16.2. The van der Waals surface area contributed by atoms with Gasteiger partial charge in [0.2, 0.25) is 0 Å². The monoisotopic (exact) mass is 307 g/mol. The van der Waals surface area contributed by atoms with Gasteiger partial charge in [-0.2, -0.15) is 0 Å². The van der Waals surface area contributed by atoms with E-state index in [0.717, 1.165) is 31.9 Å². The van der Waals surface area contributed by atoms with Crippen LogP contribution in [0.15, 0.2) is 29.3 Å². The van der Waals surface area contributed by atoms with Crippen LogP contribution >= 0.6 is 0 Å². The van der Waals surface area contributed by atoms with Crippen molar-refractivity contribution in [1.29, 1.82) is 0 Å². The summed E-state index contributed by atoms with van der Waals surface area (Å²) in [5.74, 6) is 0.778. The van der Waals surface area contributed by atoms with E-state index < -0.39 is 0 Å². The Morgan fingerprint density at radius 3 is 2.68 bits per heavy atom. The molecule has 7 nitrogen and oxygen atoms in total. The van der Waals surface area contributed by atoms with Gasteiger partial charge in [-0.15, -0.1) is 0 Å². The topological polar surface area (TPSA) is 91.6 Å². The van der Waals surface area contributed by atoms with E-state index in [2.05, 4.69) is 27.9 Å². The SMILES string of the molecule is CCCCN=C(NCC)NCCNc1ccccc1[N+](=O)[O-]. The van der Waals surface area contributed by atoms with Crippen LogP contribution in [0.5, 0.6) is 0 Å². The summed E-state index contributed by atoms with van der Waals surface area (Å²) in [4.78, 5) is 15.0. The lowest BCUT2D eigenvalue weighted by molar-refractivity contribution is -0.384. The molecule has 3 N–H and O–H groups in total. The van der Waals surface area contributed by atoms with Crippen molar-refractivity contribution in [3.05, 3.63) is 34.4 Å². The number of rotatable bonds is 9. The molecule has 1 aromatic carbocycles. The zero-order valence-corrected chi connectivity index (χ0v) is 13.3. The molecule has 0 fully saturated rings. The van der Waals surface area contributed by atoms with E-state index >= 15 is 0 Å². The Bertz CT molecular complexity index is 491. The number of hydrogen-bond acceptors (Lipinski definition) is 4. The summed E-state index contributed by atoms with van der Waals surface area (Å²) in [5.41, 5.74) is 0.619. The molecule has 0 aliphatic rings. The van der Waals surface area contributed by atoms with Gasteiger partial charge in [0.25, 0.3) is 5.69 Å². The average Bonchev–Trinajstić information content (AvgIpc) is 2.52. The van der Waals surface area contributed by atoms with E-state index in [1.54, 1.807) is 18.2 Å². The van der Waals surface area contributed by atoms with Gasteiger partial charge in [0, 0.05) is 32.2 Å². The number of nitrogens with one attached hydrogen (secondary N) is 3. The minimum atomic E-state index is -0.383. The molecular formula is C15H25N5O2. The second-order valence-corrected chi connectivity index (χ2v) is 4.74. The smallest absolute Gasteiger partial charge is 0.292 e. The van der Waals surface area contributed by atoms with E-state index in [9.17, 15) is 10.1 Å². The fraction of sp³-hybridized carbons (Fsp3) is 0.533. The van der Waals surface area contributed by atoms with Crippen molar-refractivity contribution in [3.63, 3.8) is 0 Å². The number of unbranched alkanes of at least 4 members (excludes halogenated alkanes) is 1. The fourth-order valence-electron chi connectivity index (χ4n) is 1.85. The summed E-state index contributed by atoms with van der Waals surface area (Å²) in [6.07, 6.45) is 2.17. The first kappa shape index (κ1) is 17.7. The Morgan fingerprint density at radius 2 is 2.00 bits per heavy atom. The van der Waals surface area contributed by atoms with Crippen molar-refractivity contribution < 1.29 is 4.92 Å². The highest BCUT2D eigenvalue weighted by molar-refractivity contribution is 5.79. The van der Waals surface area contributed by atoms with Gasteiger partial charge in [-0.05, 0) is 19.4 Å². The third-order valence-electron chi connectivity index (χ3n) is 2.96. The second-order valence-electron chi connectivity index (χ2n) is 4.74. The predicted octanol–water partition coefficient (Wildman–Crippen LogP) is 2.36. The Labute approximate surface area is 131 Å². The molecule has 1 aromatic rings. The van der Waals surface area contributed by atoms with Crippen molar-refractivity contribution >= 4 is 17.3 Å². The fourth-order valence-corrected chi connectivity index (χ4v) is 1.85. The molecule has 0 saturated carbocycles. The van der Waals surface area contributed by atoms with Gasteiger partial charge in [0.05, 0.1) is 4.92 Å². The molecule has 0 heterocycles. The van der Waals surface area contributed by atoms with Gasteiger partial charge < -0.3 is 16.0 Å². The number of aliphatic imine (C=N–C) groups is 1. The van der Waals surface area contributed by atoms with Crippen LogP contribution < -0.4 is 16.0 Å². The highest BCUT2D eigenvalue weighted by atomic mass is 16.6. The van der Waals surface area contributed by atoms with Crippen molar-refractivity contribution in [2.75, 3.05) is 31.5 Å². The highest BCUT2D eigenvalue weighted by Crippen LogP contribution is 2.22. The maximum Gasteiger partial charge on any atom is 0.292 e. The third-order valence-corrected chi connectivity index (χ3v) is 2.96. The first-order valence-electron chi connectivity index (χ1n) is 7.68. The number of hydrogen-bond donors (Lipinski definition) is 3. The lowest BCUT2D eigenvalue weighted by Crippen LogP contribution is -2.39. The Morgan fingerprint density at radius 1 is 1.23 bits per heavy atom. The minimum absolute atomic E-state index is 0.0889. The number of benzene rings is 1. The number of anilines is 1. The first-order chi connectivity index (χ1) is 10.7. The van der Waals surface area contributed by atoms with Crippen LogP contribution in [0.4, 0.5) is 11.4 Å². The van der Waals surface area contributed by atoms with Crippen molar-refractivity contribution in [1.82, 2.24) is 10.6 Å². The summed E-state index contributed by atoms with van der Waals surface area (Å²) in [5, 5.41) is 20.4. The van der Waals surface area contributed by atoms with Crippen molar-refractivity contribution in [2.45, 2.75) is 26.7 Å². The molecule has 0 spiro atoms. The molecule has 0 aliphatic heterocycles. The highest BCUT2D eigenvalue weighted by Gasteiger charge is 2.11. The molecule has 122 valence electrons. The molecular weight excluding hydrogens is 282 g/mol. The molecule has 1 rings (SSSR count). The second kappa shape index (κ2) is 10.4. The summed E-state index contributed by atoms with van der Waals surface area (Å²) in [7, 11) is 0. The van der Waals surface area contributed by atoms with E-state index in [-0.39, 0.29) is 10.6 Å². The summed E-state index contributed by atoms with van der Waals surface area (Å²) in [6, 6.07) is 6.63. The lowest BCUT2D eigenvalue weighted by atomic mass is 10.2. The zero-order valence-electron chi connectivity index (χ0n) is 13.3. The predicted molar refractivity (Wildman–Crippen MR) is 90.5 cm³/mol. The molecule has 0 aromatic heterocycles. The van der Waals surface area contributed by atoms with Gasteiger partial charge in [-0.1, -0.05) is 25.5 Å². The van der Waals surface area contributed by atoms with Crippen LogP contribution in [0.25, 0.3) is 0 Å². The van der Waals surface area contributed by atoms with Gasteiger partial charge in [0.15, 0.2) is 5.96 Å². The number of nitro groups is 1. The maximum absolute atomic E-state index is 10.9. The van der Waals surface area contributed by atoms with Crippen molar-refractivity contribution in [3.8, 4) is 0 Å². The van der Waals surface area contributed by atoms with Crippen LogP contribution in [0.3, 0.4) is 0 Å². The van der Waals surface area contributed by atoms with Crippen molar-refractivity contribution in [2.24, 2.45) is 4.99 Å². The molecule has 0 aliphatic carbocycles. The van der Waals surface area contributed by atoms with E-state index in [4.69, 9.17) is 0 Å². The van der Waals surface area contributed by atoms with Crippen LogP contribution in [-0.4, -0.2) is 37.1 Å². The standard InChI is InChI=1S/C15H25N5O2/c1-3-5-10-18-15(16-4-2)19-12-11-17-13-8-6-7-9-14(13)20(21)22/h6-9,17H,3-5,10-12H2,1-2H3,(H2,16,18,19). The maximum atomic E-state index is 10.9. The summed E-state index contributed by atoms with van der Waals surface area (Å²) >= 11 is 0. The van der Waals surface area contributed by atoms with E-state index in [1.807, 2.05) is 6.92 Å². The molecule has 0 bridgehead atoms. The molecule has 0 atom stereocenters. The van der Waals surface area contributed by atoms with Gasteiger partial charge >= 0.3 is 0 Å². The Hall–Kier alpha value is -2.31. The van der Waals surface area contributed by atoms with Crippen LogP contribution in [0.2, 0.25) is 0 Å². The lowest BCUT2D eigenvalue weighted by Gasteiger charge is -2.12. The van der Waals surface area contributed by atoms with Crippen LogP contribution in [0.1, 0.15) is 26.7 Å². The normalized spacial score (nSPS) is 11.1. The van der Waals surface area contributed by atoms with Gasteiger partial charge in [-0.3, -0.25) is 15.1 Å². The first-order valence-corrected chi connectivity index (χ1v) is 7.68. The average molecular weight is 307 g/mol. The molecule has 0 saturated heterocycles. The number of nitrogens with zero attached hydrogens (tertiary/aromatic N) is 2. The minimum Gasteiger partial charge on any atom is -0.378 e. The largest absolute Gasteiger partial charge is 0.378 e.